The zero-order chi connectivity index (χ0) is 7.44. The van der Waals surface area contributed by atoms with Crippen LogP contribution in [-0.2, 0) is 9.59 Å². The molecule has 0 fully saturated rings. The Morgan fingerprint density at radius 2 is 1.58 bits per heavy atom. The molecule has 0 aromatic heterocycles. The van der Waals surface area contributed by atoms with Crippen LogP contribution in [0.5, 0.6) is 0 Å². The van der Waals surface area contributed by atoms with Crippen LogP contribution in [0.3, 0.4) is 0 Å². The number of hydrogen-bond acceptors (Lipinski definition) is 3. The van der Waals surface area contributed by atoms with Gasteiger partial charge in [-0.2, -0.15) is 0 Å². The largest absolute Gasteiger partial charge is 1.00 e. The first-order valence-electron chi connectivity index (χ1n) is 2.16. The Kier molecular flexibility index (Phi) is 26.9. The van der Waals surface area contributed by atoms with Crippen molar-refractivity contribution < 1.29 is 131 Å². The fourth-order valence-electron chi connectivity index (χ4n) is 0.253. The number of rotatable bonds is 3. The Bertz CT molecular complexity index is 150. The monoisotopic (exact) mass is 250 g/mol. The van der Waals surface area contributed by atoms with Gasteiger partial charge in [0.1, 0.15) is 0 Å². The third-order valence-corrected chi connectivity index (χ3v) is 0.653. The van der Waals surface area contributed by atoms with E-state index in [2.05, 4.69) is 0 Å². The summed E-state index contributed by atoms with van der Waals surface area (Å²) < 4.78 is 0. The van der Waals surface area contributed by atoms with Crippen molar-refractivity contribution in [1.29, 1.82) is 0 Å². The molecule has 3 N–H and O–H groups in total. The molecule has 1 unspecified atom stereocenters. The van der Waals surface area contributed by atoms with E-state index in [0.717, 1.165) is 0 Å². The van der Waals surface area contributed by atoms with Crippen LogP contribution in [0, 0.1) is 0 Å². The minimum absolute atomic E-state index is 0. The molecule has 0 rings (SSSR count). The standard InChI is InChI=1S/C4H6O5.ClH.2K.2H/c5-2(4(8)9)1-3(6)7;;;;;/h2,5H,1H2,(H,6,7)(H,8,9);1H;;;;/q;;2*+1;2*-1. The summed E-state index contributed by atoms with van der Waals surface area (Å²) in [6, 6.07) is 0. The number of aliphatic carboxylic acids is 2. The van der Waals surface area contributed by atoms with Gasteiger partial charge in [0, 0.05) is 0 Å². The van der Waals surface area contributed by atoms with E-state index in [-0.39, 0.29) is 118 Å². The molecular formula is C4H9ClK2O5. The zero-order valence-corrected chi connectivity index (χ0v) is 13.9. The zero-order valence-electron chi connectivity index (χ0n) is 8.85. The summed E-state index contributed by atoms with van der Waals surface area (Å²) in [4.78, 5) is 19.4. The normalized spacial score (nSPS) is 9.42. The Hall–Kier alpha value is 2.46. The van der Waals surface area contributed by atoms with Crippen molar-refractivity contribution in [3.8, 4) is 0 Å². The van der Waals surface area contributed by atoms with Gasteiger partial charge in [0.25, 0.3) is 0 Å². The molecule has 0 aromatic carbocycles. The van der Waals surface area contributed by atoms with Gasteiger partial charge < -0.3 is 18.2 Å². The molecule has 0 heterocycles. The molecule has 0 radical (unpaired) electrons. The molecule has 0 saturated heterocycles. The van der Waals surface area contributed by atoms with Gasteiger partial charge in [-0.25, -0.2) is 4.79 Å². The van der Waals surface area contributed by atoms with Crippen LogP contribution in [0.1, 0.15) is 9.27 Å². The molecule has 64 valence electrons. The van der Waals surface area contributed by atoms with Gasteiger partial charge in [-0.05, 0) is 0 Å². The summed E-state index contributed by atoms with van der Waals surface area (Å²) in [5.41, 5.74) is 0. The van der Waals surface area contributed by atoms with E-state index < -0.39 is 24.5 Å². The van der Waals surface area contributed by atoms with E-state index in [9.17, 15) is 9.59 Å². The minimum Gasteiger partial charge on any atom is -1.00 e. The maximum Gasteiger partial charge on any atom is 1.00 e. The Labute approximate surface area is 164 Å². The van der Waals surface area contributed by atoms with Crippen LogP contribution >= 0.6 is 12.4 Å². The number of carboxylic acid groups (broad SMARTS) is 2. The van der Waals surface area contributed by atoms with Gasteiger partial charge in [-0.1, -0.05) is 0 Å². The maximum atomic E-state index is 9.72. The first-order chi connectivity index (χ1) is 4.04. The average molecular weight is 251 g/mol. The molecule has 0 aliphatic rings. The second-order valence-corrected chi connectivity index (χ2v) is 1.45. The summed E-state index contributed by atoms with van der Waals surface area (Å²) in [7, 11) is 0. The topological polar surface area (TPSA) is 94.8 Å². The van der Waals surface area contributed by atoms with Gasteiger partial charge in [-0.15, -0.1) is 12.4 Å². The van der Waals surface area contributed by atoms with Gasteiger partial charge >= 0.3 is 115 Å². The second-order valence-electron chi connectivity index (χ2n) is 1.45. The molecule has 8 heteroatoms. The molecule has 0 spiro atoms. The first kappa shape index (κ1) is 23.9. The van der Waals surface area contributed by atoms with E-state index in [4.69, 9.17) is 15.3 Å². The van der Waals surface area contributed by atoms with Crippen LogP contribution < -0.4 is 103 Å². The van der Waals surface area contributed by atoms with Crippen LogP contribution in [0.15, 0.2) is 0 Å². The molecule has 0 amide bonds. The van der Waals surface area contributed by atoms with Crippen molar-refractivity contribution in [2.75, 3.05) is 0 Å². The molecule has 0 aliphatic carbocycles. The third kappa shape index (κ3) is 15.0. The molecule has 5 nitrogen and oxygen atoms in total. The molecule has 0 saturated carbocycles. The van der Waals surface area contributed by atoms with Crippen LogP contribution in [-0.4, -0.2) is 33.4 Å². The Morgan fingerprint density at radius 3 is 1.67 bits per heavy atom. The summed E-state index contributed by atoms with van der Waals surface area (Å²) >= 11 is 0. The average Bonchev–Trinajstić information content (AvgIpc) is 1.63. The van der Waals surface area contributed by atoms with Crippen molar-refractivity contribution in [3.63, 3.8) is 0 Å². The predicted molar refractivity (Wildman–Crippen MR) is 35.4 cm³/mol. The van der Waals surface area contributed by atoms with E-state index in [1.807, 2.05) is 0 Å². The van der Waals surface area contributed by atoms with Gasteiger partial charge in [-0.3, -0.25) is 4.79 Å². The van der Waals surface area contributed by atoms with Gasteiger partial charge in [0.2, 0.25) is 0 Å². The number of carbonyl (C=O) groups is 2. The Balaban J connectivity index is -0.0000000320. The fraction of sp³-hybridized carbons (Fsp3) is 0.500. The smallest absolute Gasteiger partial charge is 1.00 e. The number of hydrogen-bond donors (Lipinski definition) is 3. The second kappa shape index (κ2) is 13.5. The molecule has 1 atom stereocenters. The number of aliphatic hydroxyl groups excluding tert-OH is 1. The molecule has 12 heavy (non-hydrogen) atoms. The van der Waals surface area contributed by atoms with Crippen LogP contribution in [0.4, 0.5) is 0 Å². The van der Waals surface area contributed by atoms with Crippen molar-refractivity contribution in [2.45, 2.75) is 12.5 Å². The van der Waals surface area contributed by atoms with E-state index in [0.29, 0.717) is 0 Å². The number of halogens is 1. The SMILES string of the molecule is Cl.O=C(O)CC(O)C(=O)O.[H-].[H-].[K+].[K+]. The summed E-state index contributed by atoms with van der Waals surface area (Å²) in [6.07, 6.45) is -2.54. The van der Waals surface area contributed by atoms with E-state index in [1.54, 1.807) is 0 Å². The van der Waals surface area contributed by atoms with Crippen LogP contribution in [0.25, 0.3) is 0 Å². The van der Waals surface area contributed by atoms with E-state index in [1.165, 1.54) is 0 Å². The minimum atomic E-state index is -1.79. The number of carboxylic acids is 2. The number of aliphatic hydroxyl groups is 1. The van der Waals surface area contributed by atoms with Gasteiger partial charge in [0.15, 0.2) is 6.10 Å². The molecule has 0 aromatic rings. The molecule has 0 bridgehead atoms. The summed E-state index contributed by atoms with van der Waals surface area (Å²) in [5, 5.41) is 24.1. The summed E-state index contributed by atoms with van der Waals surface area (Å²) in [5.74, 6) is -2.85. The van der Waals surface area contributed by atoms with Crippen molar-refractivity contribution in [3.05, 3.63) is 0 Å². The van der Waals surface area contributed by atoms with Crippen LogP contribution in [0.2, 0.25) is 0 Å². The molecule has 0 aliphatic heterocycles. The predicted octanol–water partition coefficient (Wildman–Crippen LogP) is -6.44. The maximum absolute atomic E-state index is 9.72. The van der Waals surface area contributed by atoms with Crippen molar-refractivity contribution in [2.24, 2.45) is 0 Å². The first-order valence-corrected chi connectivity index (χ1v) is 2.16. The molecular weight excluding hydrogens is 242 g/mol. The van der Waals surface area contributed by atoms with Crippen molar-refractivity contribution >= 4 is 24.3 Å². The quantitative estimate of drug-likeness (QED) is 0.433. The fourth-order valence-corrected chi connectivity index (χ4v) is 0.253. The Morgan fingerprint density at radius 1 is 1.25 bits per heavy atom. The van der Waals surface area contributed by atoms with E-state index >= 15 is 0 Å². The third-order valence-electron chi connectivity index (χ3n) is 0.653. The summed E-state index contributed by atoms with van der Waals surface area (Å²) in [6.45, 7) is 0. The van der Waals surface area contributed by atoms with Crippen molar-refractivity contribution in [1.82, 2.24) is 0 Å². The van der Waals surface area contributed by atoms with Gasteiger partial charge in [0.05, 0.1) is 6.42 Å².